The van der Waals surface area contributed by atoms with Crippen LogP contribution in [0.2, 0.25) is 10.2 Å². The van der Waals surface area contributed by atoms with Gasteiger partial charge in [-0.2, -0.15) is 10.4 Å². The molecule has 112 valence electrons. The van der Waals surface area contributed by atoms with Gasteiger partial charge < -0.3 is 5.32 Å². The third-order valence-electron chi connectivity index (χ3n) is 2.98. The Morgan fingerprint density at radius 1 is 1.45 bits per heavy atom. The highest BCUT2D eigenvalue weighted by Gasteiger charge is 2.16. The molecule has 1 aromatic heterocycles. The van der Waals surface area contributed by atoms with E-state index >= 15 is 0 Å². The molecule has 1 amide bonds. The maximum Gasteiger partial charge on any atom is 0.261 e. The molecule has 7 heteroatoms. The maximum absolute atomic E-state index is 11.6. The van der Waals surface area contributed by atoms with E-state index in [1.54, 1.807) is 25.1 Å². The number of hydrogen-bond donors (Lipinski definition) is 1. The van der Waals surface area contributed by atoms with Gasteiger partial charge in [0.2, 0.25) is 0 Å². The zero-order chi connectivity index (χ0) is 16.3. The first kappa shape index (κ1) is 16.1. The minimum absolute atomic E-state index is 0.0434. The first-order chi connectivity index (χ1) is 10.5. The smallest absolute Gasteiger partial charge is 0.261 e. The van der Waals surface area contributed by atoms with Crippen LogP contribution < -0.4 is 5.32 Å². The van der Waals surface area contributed by atoms with E-state index in [0.29, 0.717) is 27.1 Å². The van der Waals surface area contributed by atoms with Crippen molar-refractivity contribution < 1.29 is 4.79 Å². The number of nitriles is 1. The standard InChI is InChI=1S/C15H12Cl2N4O/c1-9-13(6-10(8-18)15(22)19-2)14(17)21(20-9)12-5-3-4-11(16)7-12/h3-7H,1-2H3,(H,19,22)/b10-6+. The highest BCUT2D eigenvalue weighted by Crippen LogP contribution is 2.26. The first-order valence-corrected chi connectivity index (χ1v) is 7.08. The zero-order valence-corrected chi connectivity index (χ0v) is 13.4. The monoisotopic (exact) mass is 334 g/mol. The number of halogens is 2. The third-order valence-corrected chi connectivity index (χ3v) is 3.58. The number of carbonyl (C=O) groups is 1. The van der Waals surface area contributed by atoms with E-state index in [0.717, 1.165) is 0 Å². The van der Waals surface area contributed by atoms with Crippen LogP contribution in [0.3, 0.4) is 0 Å². The molecule has 0 spiro atoms. The maximum atomic E-state index is 11.6. The lowest BCUT2D eigenvalue weighted by atomic mass is 10.1. The van der Waals surface area contributed by atoms with Crippen LogP contribution in [0.5, 0.6) is 0 Å². The summed E-state index contributed by atoms with van der Waals surface area (Å²) < 4.78 is 1.51. The fourth-order valence-electron chi connectivity index (χ4n) is 1.88. The van der Waals surface area contributed by atoms with Gasteiger partial charge in [-0.3, -0.25) is 4.79 Å². The molecule has 1 heterocycles. The number of aryl methyl sites for hydroxylation is 1. The van der Waals surface area contributed by atoms with Crippen LogP contribution in [-0.4, -0.2) is 22.7 Å². The van der Waals surface area contributed by atoms with E-state index in [-0.39, 0.29) is 5.57 Å². The summed E-state index contributed by atoms with van der Waals surface area (Å²) in [4.78, 5) is 11.6. The van der Waals surface area contributed by atoms with Crippen molar-refractivity contribution in [3.63, 3.8) is 0 Å². The summed E-state index contributed by atoms with van der Waals surface area (Å²) in [5, 5.41) is 16.7. The van der Waals surface area contributed by atoms with E-state index < -0.39 is 5.91 Å². The van der Waals surface area contributed by atoms with Crippen LogP contribution in [0.25, 0.3) is 11.8 Å². The second-order valence-electron chi connectivity index (χ2n) is 4.43. The molecular weight excluding hydrogens is 323 g/mol. The normalized spacial score (nSPS) is 11.1. The van der Waals surface area contributed by atoms with E-state index in [9.17, 15) is 4.79 Å². The van der Waals surface area contributed by atoms with Crippen molar-refractivity contribution in [1.29, 1.82) is 5.26 Å². The van der Waals surface area contributed by atoms with Gasteiger partial charge >= 0.3 is 0 Å². The molecule has 0 saturated heterocycles. The lowest BCUT2D eigenvalue weighted by Crippen LogP contribution is -2.19. The van der Waals surface area contributed by atoms with Crippen LogP contribution in [0.1, 0.15) is 11.3 Å². The van der Waals surface area contributed by atoms with Crippen molar-refractivity contribution in [1.82, 2.24) is 15.1 Å². The van der Waals surface area contributed by atoms with Gasteiger partial charge in [0.05, 0.1) is 11.4 Å². The van der Waals surface area contributed by atoms with Crippen LogP contribution in [0.15, 0.2) is 29.8 Å². The van der Waals surface area contributed by atoms with Gasteiger partial charge in [-0.15, -0.1) is 0 Å². The average Bonchev–Trinajstić information content (AvgIpc) is 2.79. The molecular formula is C15H12Cl2N4O. The Balaban J connectivity index is 2.55. The van der Waals surface area contributed by atoms with Crippen molar-refractivity contribution in [2.75, 3.05) is 7.05 Å². The predicted octanol–water partition coefficient (Wildman–Crippen LogP) is 3.14. The number of carbonyl (C=O) groups excluding carboxylic acids is 1. The van der Waals surface area contributed by atoms with E-state index in [1.807, 2.05) is 12.1 Å². The number of rotatable bonds is 3. The van der Waals surface area contributed by atoms with Crippen molar-refractivity contribution >= 4 is 35.2 Å². The molecule has 0 unspecified atom stereocenters. The van der Waals surface area contributed by atoms with Crippen molar-refractivity contribution in [2.45, 2.75) is 6.92 Å². The van der Waals surface area contributed by atoms with E-state index in [1.165, 1.54) is 17.8 Å². The fourth-order valence-corrected chi connectivity index (χ4v) is 2.39. The molecule has 0 bridgehead atoms. The molecule has 2 aromatic rings. The summed E-state index contributed by atoms with van der Waals surface area (Å²) in [6.45, 7) is 1.75. The molecule has 1 N–H and O–H groups in total. The highest BCUT2D eigenvalue weighted by atomic mass is 35.5. The summed E-state index contributed by atoms with van der Waals surface area (Å²) in [6, 6.07) is 8.90. The Bertz CT molecular complexity index is 802. The van der Waals surface area contributed by atoms with Crippen molar-refractivity contribution in [2.24, 2.45) is 0 Å². The van der Waals surface area contributed by atoms with Gasteiger partial charge in [0.25, 0.3) is 5.91 Å². The second-order valence-corrected chi connectivity index (χ2v) is 5.22. The van der Waals surface area contributed by atoms with E-state index in [4.69, 9.17) is 28.5 Å². The number of benzene rings is 1. The minimum atomic E-state index is -0.478. The number of aromatic nitrogens is 2. The number of nitrogens with zero attached hydrogens (tertiary/aromatic N) is 3. The largest absolute Gasteiger partial charge is 0.354 e. The van der Waals surface area contributed by atoms with Crippen LogP contribution in [0, 0.1) is 18.3 Å². The van der Waals surface area contributed by atoms with Gasteiger partial charge in [-0.25, -0.2) is 4.68 Å². The van der Waals surface area contributed by atoms with Crippen LogP contribution in [-0.2, 0) is 4.79 Å². The molecule has 1 aromatic carbocycles. The molecule has 0 aliphatic rings. The fraction of sp³-hybridized carbons (Fsp3) is 0.133. The molecule has 2 rings (SSSR count). The third kappa shape index (κ3) is 3.14. The molecule has 5 nitrogen and oxygen atoms in total. The summed E-state index contributed by atoms with van der Waals surface area (Å²) in [5.41, 5.74) is 1.76. The SMILES string of the molecule is CNC(=O)/C(C#N)=C/c1c(C)nn(-c2cccc(Cl)c2)c1Cl. The van der Waals surface area contributed by atoms with Gasteiger partial charge in [0.15, 0.2) is 0 Å². The number of nitrogens with one attached hydrogen (secondary N) is 1. The summed E-state index contributed by atoms with van der Waals surface area (Å²) in [5.74, 6) is -0.478. The minimum Gasteiger partial charge on any atom is -0.354 e. The van der Waals surface area contributed by atoms with Crippen LogP contribution in [0.4, 0.5) is 0 Å². The molecule has 0 aliphatic carbocycles. The molecule has 22 heavy (non-hydrogen) atoms. The lowest BCUT2D eigenvalue weighted by Gasteiger charge is -2.03. The second kappa shape index (κ2) is 6.65. The number of amides is 1. The van der Waals surface area contributed by atoms with Gasteiger partial charge in [0, 0.05) is 17.6 Å². The predicted molar refractivity (Wildman–Crippen MR) is 86.0 cm³/mol. The summed E-state index contributed by atoms with van der Waals surface area (Å²) >= 11 is 12.3. The molecule has 0 radical (unpaired) electrons. The average molecular weight is 335 g/mol. The van der Waals surface area contributed by atoms with Crippen molar-refractivity contribution in [3.8, 4) is 11.8 Å². The Morgan fingerprint density at radius 2 is 2.18 bits per heavy atom. The summed E-state index contributed by atoms with van der Waals surface area (Å²) in [7, 11) is 1.46. The quantitative estimate of drug-likeness (QED) is 0.692. The molecule has 0 fully saturated rings. The molecule has 0 saturated carbocycles. The molecule has 0 aliphatic heterocycles. The van der Waals surface area contributed by atoms with Gasteiger partial charge in [-0.1, -0.05) is 29.3 Å². The van der Waals surface area contributed by atoms with Gasteiger partial charge in [0.1, 0.15) is 16.8 Å². The summed E-state index contributed by atoms with van der Waals surface area (Å²) in [6.07, 6.45) is 1.42. The topological polar surface area (TPSA) is 70.7 Å². The molecule has 0 atom stereocenters. The number of hydrogen-bond acceptors (Lipinski definition) is 3. The number of likely N-dealkylation sites (N-methyl/N-ethyl adjacent to an activating group) is 1. The Labute approximate surface area is 137 Å². The Hall–Kier alpha value is -2.29. The van der Waals surface area contributed by atoms with E-state index in [2.05, 4.69) is 10.4 Å². The Morgan fingerprint density at radius 3 is 2.77 bits per heavy atom. The Kier molecular flexibility index (Phi) is 4.86. The first-order valence-electron chi connectivity index (χ1n) is 6.33. The lowest BCUT2D eigenvalue weighted by molar-refractivity contribution is -0.116. The zero-order valence-electron chi connectivity index (χ0n) is 11.9. The van der Waals surface area contributed by atoms with Gasteiger partial charge in [-0.05, 0) is 31.2 Å². The van der Waals surface area contributed by atoms with Crippen LogP contribution >= 0.6 is 23.2 Å². The van der Waals surface area contributed by atoms with Crippen molar-refractivity contribution in [3.05, 3.63) is 51.3 Å². The highest BCUT2D eigenvalue weighted by molar-refractivity contribution is 6.32.